The van der Waals surface area contributed by atoms with Crippen LogP contribution in [0.15, 0.2) is 12.1 Å². The van der Waals surface area contributed by atoms with E-state index < -0.39 is 23.6 Å². The molecule has 1 N–H and O–H groups in total. The van der Waals surface area contributed by atoms with Crippen molar-refractivity contribution in [3.8, 4) is 10.6 Å². The smallest absolute Gasteiger partial charge is 0.194 e. The van der Waals surface area contributed by atoms with Crippen molar-refractivity contribution in [2.24, 2.45) is 0 Å². The number of rotatable bonds is 1. The molecule has 100 valence electrons. The van der Waals surface area contributed by atoms with Gasteiger partial charge in [0.1, 0.15) is 5.01 Å². The molecular weight excluding hydrogens is 275 g/mol. The summed E-state index contributed by atoms with van der Waals surface area (Å²) in [4.78, 5) is 5.16. The van der Waals surface area contributed by atoms with Crippen LogP contribution in [0.25, 0.3) is 10.6 Å². The van der Waals surface area contributed by atoms with E-state index in [1.54, 1.807) is 0 Å². The summed E-state index contributed by atoms with van der Waals surface area (Å²) < 4.78 is 39.3. The van der Waals surface area contributed by atoms with Gasteiger partial charge in [-0.25, -0.2) is 18.2 Å². The van der Waals surface area contributed by atoms with Gasteiger partial charge < -0.3 is 5.11 Å². The molecule has 1 aliphatic carbocycles. The highest BCUT2D eigenvalue weighted by Gasteiger charge is 2.24. The minimum absolute atomic E-state index is 0.197. The molecule has 2 aromatic rings. The van der Waals surface area contributed by atoms with Crippen molar-refractivity contribution in [3.05, 3.63) is 40.2 Å². The molecule has 0 saturated heterocycles. The lowest BCUT2D eigenvalue weighted by molar-refractivity contribution is 0.153. The number of hydrogen-bond donors (Lipinski definition) is 1. The number of nitrogens with zero attached hydrogens (tertiary/aromatic N) is 1. The Morgan fingerprint density at radius 3 is 2.53 bits per heavy atom. The zero-order valence-electron chi connectivity index (χ0n) is 9.79. The summed E-state index contributed by atoms with van der Waals surface area (Å²) in [7, 11) is 0. The molecule has 1 aliphatic rings. The van der Waals surface area contributed by atoms with E-state index in [-0.39, 0.29) is 5.56 Å². The van der Waals surface area contributed by atoms with Crippen molar-refractivity contribution < 1.29 is 18.3 Å². The van der Waals surface area contributed by atoms with Gasteiger partial charge in [-0.1, -0.05) is 0 Å². The first-order chi connectivity index (χ1) is 9.06. The highest BCUT2D eigenvalue weighted by molar-refractivity contribution is 7.15. The second kappa shape index (κ2) is 4.61. The lowest BCUT2D eigenvalue weighted by Gasteiger charge is -2.14. The largest absolute Gasteiger partial charge is 0.387 e. The lowest BCUT2D eigenvalue weighted by Crippen LogP contribution is -2.07. The third kappa shape index (κ3) is 2.15. The van der Waals surface area contributed by atoms with E-state index in [1.807, 2.05) is 0 Å². The van der Waals surface area contributed by atoms with Crippen LogP contribution < -0.4 is 0 Å². The number of aryl methyl sites for hydroxylation is 1. The molecule has 0 aliphatic heterocycles. The molecule has 0 spiro atoms. The number of aromatic nitrogens is 1. The average Bonchev–Trinajstić information content (AvgIpc) is 2.81. The molecule has 1 atom stereocenters. The van der Waals surface area contributed by atoms with E-state index >= 15 is 0 Å². The van der Waals surface area contributed by atoms with Crippen LogP contribution in [-0.2, 0) is 6.42 Å². The Morgan fingerprint density at radius 1 is 1.21 bits per heavy atom. The van der Waals surface area contributed by atoms with Crippen LogP contribution in [0.2, 0.25) is 0 Å². The zero-order valence-corrected chi connectivity index (χ0v) is 10.6. The summed E-state index contributed by atoms with van der Waals surface area (Å²) in [6, 6.07) is 1.85. The average molecular weight is 285 g/mol. The normalized spacial score (nSPS) is 18.4. The van der Waals surface area contributed by atoms with E-state index in [4.69, 9.17) is 0 Å². The molecule has 2 nitrogen and oxygen atoms in total. The summed E-state index contributed by atoms with van der Waals surface area (Å²) in [5.41, 5.74) is 0.777. The van der Waals surface area contributed by atoms with E-state index in [2.05, 4.69) is 4.98 Å². The molecule has 0 radical (unpaired) electrons. The number of aliphatic hydroxyl groups excluding tert-OH is 1. The first-order valence-corrected chi connectivity index (χ1v) is 6.70. The molecule has 1 aromatic carbocycles. The topological polar surface area (TPSA) is 33.1 Å². The molecular formula is C13H10F3NOS. The highest BCUT2D eigenvalue weighted by atomic mass is 32.1. The van der Waals surface area contributed by atoms with Gasteiger partial charge in [-0.3, -0.25) is 0 Å². The van der Waals surface area contributed by atoms with Gasteiger partial charge in [-0.05, 0) is 31.4 Å². The molecule has 0 fully saturated rings. The van der Waals surface area contributed by atoms with Crippen molar-refractivity contribution in [2.75, 3.05) is 0 Å². The maximum atomic E-state index is 13.2. The summed E-state index contributed by atoms with van der Waals surface area (Å²) in [5.74, 6) is -3.95. The Balaban J connectivity index is 2.08. The molecule has 0 bridgehead atoms. The number of aliphatic hydroxyl groups is 1. The first-order valence-electron chi connectivity index (χ1n) is 5.89. The van der Waals surface area contributed by atoms with Crippen LogP contribution in [0.1, 0.15) is 29.5 Å². The predicted octanol–water partition coefficient (Wildman–Crippen LogP) is 3.60. The Morgan fingerprint density at radius 2 is 1.89 bits per heavy atom. The van der Waals surface area contributed by atoms with Gasteiger partial charge in [0.15, 0.2) is 17.5 Å². The van der Waals surface area contributed by atoms with Crippen LogP contribution in [-0.4, -0.2) is 10.1 Å². The Kier molecular flexibility index (Phi) is 3.06. The molecule has 6 heteroatoms. The quantitative estimate of drug-likeness (QED) is 0.812. The van der Waals surface area contributed by atoms with Gasteiger partial charge >= 0.3 is 0 Å². The predicted molar refractivity (Wildman–Crippen MR) is 65.3 cm³/mol. The number of fused-ring (bicyclic) bond motifs is 1. The van der Waals surface area contributed by atoms with Crippen molar-refractivity contribution in [1.82, 2.24) is 4.98 Å². The number of halogens is 3. The van der Waals surface area contributed by atoms with Gasteiger partial charge in [-0.2, -0.15) is 0 Å². The van der Waals surface area contributed by atoms with Gasteiger partial charge in [0.05, 0.1) is 11.8 Å². The van der Waals surface area contributed by atoms with Crippen LogP contribution in [0.5, 0.6) is 0 Å². The number of benzene rings is 1. The second-order valence-corrected chi connectivity index (χ2v) is 5.57. The molecule has 0 amide bonds. The summed E-state index contributed by atoms with van der Waals surface area (Å²) in [6.45, 7) is 0. The molecule has 1 aromatic heterocycles. The summed E-state index contributed by atoms with van der Waals surface area (Å²) in [5, 5.41) is 10.2. The number of thiazole rings is 1. The molecule has 1 unspecified atom stereocenters. The third-order valence-corrected chi connectivity index (χ3v) is 4.34. The molecule has 3 rings (SSSR count). The first kappa shape index (κ1) is 12.6. The Bertz CT molecular complexity index is 618. The second-order valence-electron chi connectivity index (χ2n) is 4.49. The maximum Gasteiger partial charge on any atom is 0.194 e. The van der Waals surface area contributed by atoms with E-state index in [0.717, 1.165) is 29.9 Å². The number of hydrogen-bond acceptors (Lipinski definition) is 3. The van der Waals surface area contributed by atoms with Crippen molar-refractivity contribution in [1.29, 1.82) is 0 Å². The van der Waals surface area contributed by atoms with E-state index in [0.29, 0.717) is 17.1 Å². The lowest BCUT2D eigenvalue weighted by atomic mass is 10.0. The standard InChI is InChI=1S/C13H10F3NOS/c14-7-4-6(5-8(15)11(7)16)13-17-12-9(18)2-1-3-10(12)19-13/h4-5,9,18H,1-3H2. The van der Waals surface area contributed by atoms with Gasteiger partial charge in [0.25, 0.3) is 0 Å². The van der Waals surface area contributed by atoms with Crippen LogP contribution in [0.3, 0.4) is 0 Å². The third-order valence-electron chi connectivity index (χ3n) is 3.16. The minimum Gasteiger partial charge on any atom is -0.387 e. The Labute approximate surface area is 111 Å². The van der Waals surface area contributed by atoms with Gasteiger partial charge in [0, 0.05) is 10.4 Å². The van der Waals surface area contributed by atoms with E-state index in [9.17, 15) is 18.3 Å². The van der Waals surface area contributed by atoms with Crippen LogP contribution in [0, 0.1) is 17.5 Å². The Hall–Kier alpha value is -1.40. The molecule has 0 saturated carbocycles. The fourth-order valence-corrected chi connectivity index (χ4v) is 3.34. The zero-order chi connectivity index (χ0) is 13.6. The van der Waals surface area contributed by atoms with Crippen molar-refractivity contribution >= 4 is 11.3 Å². The minimum atomic E-state index is -1.48. The van der Waals surface area contributed by atoms with Gasteiger partial charge in [0.2, 0.25) is 0 Å². The summed E-state index contributed by atoms with van der Waals surface area (Å²) >= 11 is 1.29. The monoisotopic (exact) mass is 285 g/mol. The van der Waals surface area contributed by atoms with Crippen LogP contribution >= 0.6 is 11.3 Å². The van der Waals surface area contributed by atoms with Gasteiger partial charge in [-0.15, -0.1) is 11.3 Å². The summed E-state index contributed by atoms with van der Waals surface area (Å²) in [6.07, 6.45) is 1.68. The fourth-order valence-electron chi connectivity index (χ4n) is 2.20. The maximum absolute atomic E-state index is 13.2. The SMILES string of the molecule is OC1CCCc2sc(-c3cc(F)c(F)c(F)c3)nc21. The van der Waals surface area contributed by atoms with Crippen molar-refractivity contribution in [3.63, 3.8) is 0 Å². The highest BCUT2D eigenvalue weighted by Crippen LogP contribution is 2.37. The van der Waals surface area contributed by atoms with E-state index in [1.165, 1.54) is 11.3 Å². The molecule has 19 heavy (non-hydrogen) atoms. The van der Waals surface area contributed by atoms with Crippen LogP contribution in [0.4, 0.5) is 13.2 Å². The van der Waals surface area contributed by atoms with Crippen molar-refractivity contribution in [2.45, 2.75) is 25.4 Å². The molecule has 1 heterocycles. The fraction of sp³-hybridized carbons (Fsp3) is 0.308.